The maximum absolute atomic E-state index is 14.8. The highest BCUT2D eigenvalue weighted by molar-refractivity contribution is 7.07. The zero-order valence-electron chi connectivity index (χ0n) is 43.8. The third-order valence-corrected chi connectivity index (χ3v) is 14.0. The number of amides is 5. The fourth-order valence-electron chi connectivity index (χ4n) is 8.86. The van der Waals surface area contributed by atoms with Crippen molar-refractivity contribution in [1.82, 2.24) is 16.0 Å². The van der Waals surface area contributed by atoms with Crippen molar-refractivity contribution in [1.29, 1.82) is 0 Å². The summed E-state index contributed by atoms with van der Waals surface area (Å²) in [5.41, 5.74) is 10.9. The van der Waals surface area contributed by atoms with Gasteiger partial charge in [0.05, 0.1) is 30.5 Å². The van der Waals surface area contributed by atoms with Crippen molar-refractivity contribution in [3.8, 4) is 23.3 Å². The van der Waals surface area contributed by atoms with E-state index >= 15 is 0 Å². The number of aryl methyl sites for hydroxylation is 1. The summed E-state index contributed by atoms with van der Waals surface area (Å²) in [6, 6.07) is 13.9. The first-order chi connectivity index (χ1) is 36.5. The van der Waals surface area contributed by atoms with Crippen molar-refractivity contribution >= 4 is 64.2 Å². The lowest BCUT2D eigenvalue weighted by Gasteiger charge is -2.19. The Morgan fingerprint density at radius 1 is 0.800 bits per heavy atom. The Morgan fingerprint density at radius 2 is 1.57 bits per heavy atom. The van der Waals surface area contributed by atoms with E-state index in [2.05, 4.69) is 68.9 Å². The summed E-state index contributed by atoms with van der Waals surface area (Å²) in [6.07, 6.45) is 21.1. The zero-order chi connectivity index (χ0) is 53.2. The number of hydrogen-bond acceptors (Lipinski definition) is 10. The van der Waals surface area contributed by atoms with E-state index in [4.69, 9.17) is 15.2 Å². The van der Waals surface area contributed by atoms with Gasteiger partial charge in [-0.05, 0) is 146 Å². The molecule has 15 nitrogen and oxygen atoms in total. The number of carbonyl (C=O) groups excluding carboxylic acids is 4. The van der Waals surface area contributed by atoms with Crippen molar-refractivity contribution in [3.05, 3.63) is 104 Å². The molecule has 0 aliphatic heterocycles. The van der Waals surface area contributed by atoms with E-state index in [0.29, 0.717) is 61.0 Å². The molecule has 16 heteroatoms. The number of urea groups is 1. The number of ether oxygens (including phenoxy) is 2. The molecule has 3 aromatic carbocycles. The average Bonchev–Trinajstić information content (AvgIpc) is 4.10. The third-order valence-electron chi connectivity index (χ3n) is 13.3. The van der Waals surface area contributed by atoms with Gasteiger partial charge in [-0.25, -0.2) is 4.79 Å². The normalized spacial score (nSPS) is 13.3. The number of nitrogens with one attached hydrogen (secondary N) is 6. The molecule has 0 spiro atoms. The highest BCUT2D eigenvalue weighted by atomic mass is 32.1. The number of carboxylic acid groups (broad SMARTS) is 1. The minimum absolute atomic E-state index is 0.00620. The molecule has 0 saturated heterocycles. The zero-order valence-corrected chi connectivity index (χ0v) is 44.7. The lowest BCUT2D eigenvalue weighted by molar-refractivity contribution is -0.136. The lowest BCUT2D eigenvalue weighted by Crippen LogP contribution is -2.40. The van der Waals surface area contributed by atoms with Gasteiger partial charge in [0, 0.05) is 55.0 Å². The van der Waals surface area contributed by atoms with E-state index in [1.54, 1.807) is 12.1 Å². The summed E-state index contributed by atoms with van der Waals surface area (Å²) >= 11 is 1.49. The van der Waals surface area contributed by atoms with Gasteiger partial charge in [0.2, 0.25) is 0 Å². The van der Waals surface area contributed by atoms with Crippen LogP contribution in [0.3, 0.4) is 0 Å². The number of allylic oxidation sites excluding steroid dienone is 1. The number of unbranched alkanes of at least 4 members (excludes halogenated alkanes) is 6. The summed E-state index contributed by atoms with van der Waals surface area (Å²) in [7, 11) is 1.48. The second-order valence-electron chi connectivity index (χ2n) is 19.5. The van der Waals surface area contributed by atoms with Crippen LogP contribution in [-0.2, 0) is 17.8 Å². The molecule has 0 unspecified atom stereocenters. The Labute approximate surface area is 447 Å². The molecule has 0 radical (unpaired) electrons. The van der Waals surface area contributed by atoms with Crippen molar-refractivity contribution in [2.75, 3.05) is 55.8 Å². The smallest absolute Gasteiger partial charge is 0.314 e. The van der Waals surface area contributed by atoms with Gasteiger partial charge in [-0.15, -0.1) is 0 Å². The molecule has 75 heavy (non-hydrogen) atoms. The number of hydrogen-bond donors (Lipinski definition) is 8. The fraction of sp³-hybridized carbons (Fsp3) is 0.475. The average molecular weight is 1040 g/mol. The first-order valence-electron chi connectivity index (χ1n) is 27.0. The number of rotatable bonds is 30. The van der Waals surface area contributed by atoms with Crippen LogP contribution in [0.1, 0.15) is 169 Å². The predicted molar refractivity (Wildman–Crippen MR) is 300 cm³/mol. The van der Waals surface area contributed by atoms with E-state index in [9.17, 15) is 29.1 Å². The highest BCUT2D eigenvalue weighted by Gasteiger charge is 2.24. The molecule has 402 valence electrons. The minimum atomic E-state index is -1.02. The van der Waals surface area contributed by atoms with Gasteiger partial charge >= 0.3 is 12.0 Å². The lowest BCUT2D eigenvalue weighted by atomic mass is 9.88. The number of carboxylic acids is 1. The first-order valence-corrected chi connectivity index (χ1v) is 27.9. The fourth-order valence-corrected chi connectivity index (χ4v) is 9.51. The van der Waals surface area contributed by atoms with Crippen LogP contribution in [0.25, 0.3) is 6.08 Å². The topological polar surface area (TPSA) is 222 Å². The first kappa shape index (κ1) is 57.4. The molecule has 0 atom stereocenters. The van der Waals surface area contributed by atoms with Crippen LogP contribution in [0.5, 0.6) is 11.5 Å². The standard InChI is InChI=1S/C59H77N7O8S/c1-3-4-5-6-7-15-27-62-59(72)63-29-28-61-56(69)48-33-46(19-11-12-20-54(67)68)55(53(36-48)74-39-44-25-30-75-40-44)66-58(71)50-37-52(73-2)51(35-45(50)18-13-14-26-60)65-57(70)47-31-43(24-21-41-16-9-8-10-17-41)32-49(34-47)64-38-42-22-23-42/h21,24-25,30-37,40-42,64H,3-10,12-18,20,22-23,26-29,38-39,60H2,1-2H3,(H,61,69)(H,65,70)(H,66,71)(H,67,68)(H2,62,63,72)/b24-21+. The van der Waals surface area contributed by atoms with Crippen LogP contribution < -0.4 is 47.1 Å². The van der Waals surface area contributed by atoms with Gasteiger partial charge in [0.1, 0.15) is 18.1 Å². The number of carbonyl (C=O) groups is 5. The van der Waals surface area contributed by atoms with Crippen molar-refractivity contribution in [3.63, 3.8) is 0 Å². The van der Waals surface area contributed by atoms with Crippen LogP contribution in [0.4, 0.5) is 21.9 Å². The highest BCUT2D eigenvalue weighted by Crippen LogP contribution is 2.36. The molecule has 1 aromatic heterocycles. The van der Waals surface area contributed by atoms with E-state index in [-0.39, 0.29) is 78.4 Å². The Bertz CT molecular complexity index is 2610. The molecule has 5 amide bonds. The second-order valence-corrected chi connectivity index (χ2v) is 20.3. The van der Waals surface area contributed by atoms with Gasteiger partial charge in [0.15, 0.2) is 0 Å². The van der Waals surface area contributed by atoms with E-state index in [0.717, 1.165) is 42.6 Å². The Hall–Kier alpha value is -6.83. The summed E-state index contributed by atoms with van der Waals surface area (Å²) in [5.74, 6) is 5.11. The number of aliphatic carboxylic acids is 1. The van der Waals surface area contributed by atoms with Crippen LogP contribution in [-0.4, -0.2) is 74.7 Å². The summed E-state index contributed by atoms with van der Waals surface area (Å²) in [6.45, 7) is 4.44. The SMILES string of the molecule is CCCCCCCCNC(=O)NCCNC(=O)c1cc(C#CCCC(=O)O)c(NC(=O)c2cc(OC)c(NC(=O)c3cc(/C=C/C4CCCCC4)cc(NCC4CC4)c3)cc2CCCCN)c(OCc2ccsc2)c1. The molecule has 0 bridgehead atoms. The Morgan fingerprint density at radius 3 is 2.32 bits per heavy atom. The molecular formula is C59H77N7O8S. The second kappa shape index (κ2) is 31.1. The van der Waals surface area contributed by atoms with Gasteiger partial charge in [0.25, 0.3) is 17.7 Å². The molecule has 2 saturated carbocycles. The molecule has 6 rings (SSSR count). The summed E-state index contributed by atoms with van der Waals surface area (Å²) < 4.78 is 12.2. The number of anilines is 3. The third kappa shape index (κ3) is 19.8. The number of methoxy groups -OCH3 is 1. The van der Waals surface area contributed by atoms with E-state index in [1.807, 2.05) is 29.0 Å². The summed E-state index contributed by atoms with van der Waals surface area (Å²) in [4.78, 5) is 66.7. The molecule has 9 N–H and O–H groups in total. The number of thiophene rings is 1. The van der Waals surface area contributed by atoms with Crippen LogP contribution in [0.15, 0.2) is 65.4 Å². The van der Waals surface area contributed by atoms with Gasteiger partial charge in [-0.2, -0.15) is 11.3 Å². The predicted octanol–water partition coefficient (Wildman–Crippen LogP) is 11.1. The molecule has 2 fully saturated rings. The monoisotopic (exact) mass is 1040 g/mol. The summed E-state index contributed by atoms with van der Waals surface area (Å²) in [5, 5.41) is 31.4. The van der Waals surface area contributed by atoms with Crippen LogP contribution in [0, 0.1) is 23.7 Å². The molecule has 1 heterocycles. The maximum atomic E-state index is 14.8. The van der Waals surface area contributed by atoms with Gasteiger partial charge in [-0.1, -0.05) is 82.3 Å². The molecular weight excluding hydrogens is 967 g/mol. The quantitative estimate of drug-likeness (QED) is 0.0182. The van der Waals surface area contributed by atoms with Gasteiger partial charge < -0.3 is 52.2 Å². The van der Waals surface area contributed by atoms with Crippen LogP contribution in [0.2, 0.25) is 0 Å². The molecule has 2 aliphatic rings. The van der Waals surface area contributed by atoms with Crippen molar-refractivity contribution in [2.45, 2.75) is 129 Å². The van der Waals surface area contributed by atoms with Crippen molar-refractivity contribution in [2.24, 2.45) is 17.6 Å². The molecule has 2 aliphatic carbocycles. The minimum Gasteiger partial charge on any atom is -0.495 e. The Balaban J connectivity index is 1.26. The Kier molecular flexibility index (Phi) is 23.9. The largest absolute Gasteiger partial charge is 0.495 e. The van der Waals surface area contributed by atoms with E-state index < -0.39 is 17.8 Å². The number of nitrogens with two attached hydrogens (primary N) is 1. The van der Waals surface area contributed by atoms with E-state index in [1.165, 1.54) is 94.8 Å². The maximum Gasteiger partial charge on any atom is 0.314 e. The van der Waals surface area contributed by atoms with Gasteiger partial charge in [-0.3, -0.25) is 19.2 Å². The molecule has 4 aromatic rings. The van der Waals surface area contributed by atoms with Crippen LogP contribution >= 0.6 is 11.3 Å². The van der Waals surface area contributed by atoms with Crippen molar-refractivity contribution < 1.29 is 38.6 Å². The number of benzene rings is 3.